The SMILES string of the molecule is CC(=O)O[C@H](C(=O)O)c1cccc(Br)c1. The van der Waals surface area contributed by atoms with Crippen molar-refractivity contribution < 1.29 is 19.4 Å². The molecule has 0 saturated heterocycles. The Hall–Kier alpha value is -1.36. The summed E-state index contributed by atoms with van der Waals surface area (Å²) in [6, 6.07) is 6.63. The molecule has 80 valence electrons. The average Bonchev–Trinajstić information content (AvgIpc) is 2.13. The third-order valence-corrected chi connectivity index (χ3v) is 2.15. The Morgan fingerprint density at radius 1 is 1.47 bits per heavy atom. The number of carbonyl (C=O) groups excluding carboxylic acids is 1. The summed E-state index contributed by atoms with van der Waals surface area (Å²) in [5.74, 6) is -1.81. The van der Waals surface area contributed by atoms with Crippen LogP contribution in [0.2, 0.25) is 0 Å². The van der Waals surface area contributed by atoms with Crippen LogP contribution in [0.4, 0.5) is 0 Å². The lowest BCUT2D eigenvalue weighted by Crippen LogP contribution is -2.17. The third-order valence-electron chi connectivity index (χ3n) is 1.66. The van der Waals surface area contributed by atoms with Crippen LogP contribution in [0.15, 0.2) is 28.7 Å². The Balaban J connectivity index is 2.98. The van der Waals surface area contributed by atoms with Crippen molar-refractivity contribution in [2.24, 2.45) is 0 Å². The van der Waals surface area contributed by atoms with E-state index in [0.717, 1.165) is 4.47 Å². The molecule has 0 aromatic heterocycles. The van der Waals surface area contributed by atoms with Crippen molar-refractivity contribution in [1.29, 1.82) is 0 Å². The first-order valence-corrected chi connectivity index (χ1v) is 4.95. The number of rotatable bonds is 3. The lowest BCUT2D eigenvalue weighted by molar-refractivity contribution is -0.163. The minimum absolute atomic E-state index is 0.423. The molecule has 0 spiro atoms. The first kappa shape index (κ1) is 11.7. The van der Waals surface area contributed by atoms with Crippen molar-refractivity contribution in [3.63, 3.8) is 0 Å². The van der Waals surface area contributed by atoms with E-state index in [-0.39, 0.29) is 0 Å². The highest BCUT2D eigenvalue weighted by atomic mass is 79.9. The lowest BCUT2D eigenvalue weighted by atomic mass is 10.1. The predicted octanol–water partition coefficient (Wildman–Crippen LogP) is 2.14. The summed E-state index contributed by atoms with van der Waals surface area (Å²) >= 11 is 3.21. The molecule has 1 rings (SSSR count). The molecule has 0 radical (unpaired) electrons. The van der Waals surface area contributed by atoms with Crippen LogP contribution < -0.4 is 0 Å². The van der Waals surface area contributed by atoms with Crippen LogP contribution in [0.5, 0.6) is 0 Å². The summed E-state index contributed by atoms with van der Waals surface area (Å²) in [6.45, 7) is 1.17. The fourth-order valence-corrected chi connectivity index (χ4v) is 1.51. The van der Waals surface area contributed by atoms with Crippen molar-refractivity contribution in [2.45, 2.75) is 13.0 Å². The molecular formula is C10H9BrO4. The molecule has 0 aliphatic heterocycles. The van der Waals surface area contributed by atoms with E-state index in [1.807, 2.05) is 0 Å². The van der Waals surface area contributed by atoms with Crippen LogP contribution in [-0.2, 0) is 14.3 Å². The molecule has 0 aliphatic carbocycles. The summed E-state index contributed by atoms with van der Waals surface area (Å²) < 4.78 is 5.43. The largest absolute Gasteiger partial charge is 0.478 e. The fraction of sp³-hybridized carbons (Fsp3) is 0.200. The maximum Gasteiger partial charge on any atom is 0.349 e. The van der Waals surface area contributed by atoms with Gasteiger partial charge in [0.2, 0.25) is 6.10 Å². The highest BCUT2D eigenvalue weighted by molar-refractivity contribution is 9.10. The molecule has 0 heterocycles. The molecule has 0 fully saturated rings. The second kappa shape index (κ2) is 4.93. The van der Waals surface area contributed by atoms with Gasteiger partial charge in [0.1, 0.15) is 0 Å². The topological polar surface area (TPSA) is 63.6 Å². The number of hydrogen-bond acceptors (Lipinski definition) is 3. The van der Waals surface area contributed by atoms with Crippen LogP contribution in [0.3, 0.4) is 0 Å². The summed E-state index contributed by atoms with van der Waals surface area (Å²) in [5, 5.41) is 8.87. The number of ether oxygens (including phenoxy) is 1. The van der Waals surface area contributed by atoms with Crippen molar-refractivity contribution in [1.82, 2.24) is 0 Å². The molecule has 1 aromatic carbocycles. The highest BCUT2D eigenvalue weighted by Crippen LogP contribution is 2.21. The summed E-state index contributed by atoms with van der Waals surface area (Å²) in [5.41, 5.74) is 0.423. The van der Waals surface area contributed by atoms with Crippen LogP contribution in [-0.4, -0.2) is 17.0 Å². The standard InChI is InChI=1S/C10H9BrO4/c1-6(12)15-9(10(13)14)7-3-2-4-8(11)5-7/h2-5,9H,1H3,(H,13,14)/t9-/m0/s1. The van der Waals surface area contributed by atoms with E-state index < -0.39 is 18.0 Å². The molecule has 1 N–H and O–H groups in total. The van der Waals surface area contributed by atoms with Gasteiger partial charge in [0, 0.05) is 17.0 Å². The number of carboxylic acid groups (broad SMARTS) is 1. The maximum absolute atomic E-state index is 10.9. The zero-order valence-electron chi connectivity index (χ0n) is 7.94. The van der Waals surface area contributed by atoms with Crippen LogP contribution >= 0.6 is 15.9 Å². The minimum Gasteiger partial charge on any atom is -0.478 e. The summed E-state index contributed by atoms with van der Waals surface area (Å²) in [4.78, 5) is 21.6. The number of hydrogen-bond donors (Lipinski definition) is 1. The molecule has 0 aliphatic rings. The lowest BCUT2D eigenvalue weighted by Gasteiger charge is -2.12. The second-order valence-electron chi connectivity index (χ2n) is 2.88. The normalized spacial score (nSPS) is 11.9. The quantitative estimate of drug-likeness (QED) is 0.857. The monoisotopic (exact) mass is 272 g/mol. The number of halogens is 1. The smallest absolute Gasteiger partial charge is 0.349 e. The molecule has 1 atom stereocenters. The first-order chi connectivity index (χ1) is 7.00. The average molecular weight is 273 g/mol. The van der Waals surface area contributed by atoms with E-state index in [4.69, 9.17) is 9.84 Å². The predicted molar refractivity (Wildman–Crippen MR) is 56.3 cm³/mol. The van der Waals surface area contributed by atoms with Crippen LogP contribution in [0.1, 0.15) is 18.6 Å². The Bertz CT molecular complexity index is 389. The molecule has 0 bridgehead atoms. The van der Waals surface area contributed by atoms with Gasteiger partial charge in [-0.25, -0.2) is 4.79 Å². The third kappa shape index (κ3) is 3.36. The van der Waals surface area contributed by atoms with Crippen molar-refractivity contribution >= 4 is 27.9 Å². The van der Waals surface area contributed by atoms with E-state index in [2.05, 4.69) is 15.9 Å². The highest BCUT2D eigenvalue weighted by Gasteiger charge is 2.22. The van der Waals surface area contributed by atoms with E-state index >= 15 is 0 Å². The first-order valence-electron chi connectivity index (χ1n) is 4.16. The number of carboxylic acids is 1. The Labute approximate surface area is 95.0 Å². The molecule has 1 aromatic rings. The molecule has 0 unspecified atom stereocenters. The minimum atomic E-state index is -1.25. The van der Waals surface area contributed by atoms with Gasteiger partial charge < -0.3 is 9.84 Å². The van der Waals surface area contributed by atoms with E-state index in [0.29, 0.717) is 5.56 Å². The zero-order chi connectivity index (χ0) is 11.4. The van der Waals surface area contributed by atoms with Gasteiger partial charge in [0.15, 0.2) is 0 Å². The van der Waals surface area contributed by atoms with E-state index in [1.165, 1.54) is 6.92 Å². The zero-order valence-corrected chi connectivity index (χ0v) is 9.52. The van der Waals surface area contributed by atoms with Crippen molar-refractivity contribution in [3.8, 4) is 0 Å². The number of esters is 1. The number of carbonyl (C=O) groups is 2. The van der Waals surface area contributed by atoms with Gasteiger partial charge in [-0.3, -0.25) is 4.79 Å². The van der Waals surface area contributed by atoms with Gasteiger partial charge in [-0.1, -0.05) is 28.1 Å². The van der Waals surface area contributed by atoms with Gasteiger partial charge >= 0.3 is 11.9 Å². The molecule has 4 nitrogen and oxygen atoms in total. The van der Waals surface area contributed by atoms with Gasteiger partial charge in [0.25, 0.3) is 0 Å². The summed E-state index contributed by atoms with van der Waals surface area (Å²) in [7, 11) is 0. The van der Waals surface area contributed by atoms with Gasteiger partial charge in [-0.05, 0) is 12.1 Å². The van der Waals surface area contributed by atoms with Crippen molar-refractivity contribution in [3.05, 3.63) is 34.3 Å². The second-order valence-corrected chi connectivity index (χ2v) is 3.80. The molecule has 0 saturated carbocycles. The Morgan fingerprint density at radius 3 is 2.60 bits per heavy atom. The maximum atomic E-state index is 10.9. The summed E-state index contributed by atoms with van der Waals surface area (Å²) in [6.07, 6.45) is -1.25. The van der Waals surface area contributed by atoms with Crippen LogP contribution in [0.25, 0.3) is 0 Å². The molecule has 0 amide bonds. The molecular weight excluding hydrogens is 264 g/mol. The van der Waals surface area contributed by atoms with E-state index in [1.54, 1.807) is 24.3 Å². The Kier molecular flexibility index (Phi) is 3.85. The number of benzene rings is 1. The number of aliphatic carboxylic acids is 1. The van der Waals surface area contributed by atoms with Crippen molar-refractivity contribution in [2.75, 3.05) is 0 Å². The fourth-order valence-electron chi connectivity index (χ4n) is 1.10. The van der Waals surface area contributed by atoms with Crippen LogP contribution in [0, 0.1) is 0 Å². The van der Waals surface area contributed by atoms with Gasteiger partial charge in [-0.2, -0.15) is 0 Å². The molecule has 5 heteroatoms. The molecule has 15 heavy (non-hydrogen) atoms. The Morgan fingerprint density at radius 2 is 2.13 bits per heavy atom. The van der Waals surface area contributed by atoms with Gasteiger partial charge in [-0.15, -0.1) is 0 Å². The van der Waals surface area contributed by atoms with E-state index in [9.17, 15) is 9.59 Å². The van der Waals surface area contributed by atoms with Gasteiger partial charge in [0.05, 0.1) is 0 Å².